The Kier molecular flexibility index (Phi) is 2.12. The first kappa shape index (κ1) is 9.01. The monoisotopic (exact) mass is 196 g/mol. The van der Waals surface area contributed by atoms with Gasteiger partial charge in [-0.25, -0.2) is 0 Å². The summed E-state index contributed by atoms with van der Waals surface area (Å²) in [5.41, 5.74) is 6.35. The second-order valence-electron chi connectivity index (χ2n) is 3.21. The maximum Gasteiger partial charge on any atom is 0.278 e. The second kappa shape index (κ2) is 3.30. The largest absolute Gasteiger partial charge is 0.396 e. The lowest BCUT2D eigenvalue weighted by Crippen LogP contribution is -2.29. The quantitative estimate of drug-likeness (QED) is 0.653. The number of anilines is 1. The molecule has 0 aromatic carbocycles. The van der Waals surface area contributed by atoms with Crippen molar-refractivity contribution in [2.75, 3.05) is 25.6 Å². The molecule has 0 unspecified atom stereocenters. The Bertz CT molecular complexity index is 354. The van der Waals surface area contributed by atoms with Crippen LogP contribution in [0.4, 0.5) is 5.69 Å². The van der Waals surface area contributed by atoms with Crippen LogP contribution in [0.5, 0.6) is 0 Å². The van der Waals surface area contributed by atoms with Gasteiger partial charge in [0.2, 0.25) is 0 Å². The van der Waals surface area contributed by atoms with Crippen LogP contribution in [0.2, 0.25) is 0 Å². The number of amides is 1. The van der Waals surface area contributed by atoms with Crippen molar-refractivity contribution in [2.45, 2.75) is 0 Å². The number of hydrogen-bond acceptors (Lipinski definition) is 4. The minimum absolute atomic E-state index is 0.166. The van der Waals surface area contributed by atoms with Gasteiger partial charge in [-0.2, -0.15) is 5.10 Å². The predicted octanol–water partition coefficient (Wildman–Crippen LogP) is -0.568. The molecule has 1 aromatic rings. The van der Waals surface area contributed by atoms with Crippen LogP contribution in [0.25, 0.3) is 0 Å². The Balaban J connectivity index is 2.21. The number of aromatic nitrogens is 2. The van der Waals surface area contributed by atoms with Gasteiger partial charge in [-0.1, -0.05) is 0 Å². The first-order chi connectivity index (χ1) is 6.68. The molecule has 0 radical (unpaired) electrons. The van der Waals surface area contributed by atoms with Gasteiger partial charge in [-0.05, 0) is 0 Å². The number of rotatable bonds is 1. The van der Waals surface area contributed by atoms with Crippen LogP contribution >= 0.6 is 0 Å². The van der Waals surface area contributed by atoms with Gasteiger partial charge in [0.05, 0.1) is 12.3 Å². The zero-order chi connectivity index (χ0) is 10.1. The lowest BCUT2D eigenvalue weighted by molar-refractivity contribution is 0.0689. The number of ether oxygens (including phenoxy) is 1. The zero-order valence-electron chi connectivity index (χ0n) is 7.93. The van der Waals surface area contributed by atoms with E-state index in [0.717, 1.165) is 0 Å². The summed E-state index contributed by atoms with van der Waals surface area (Å²) in [6.45, 7) is 1.52. The summed E-state index contributed by atoms with van der Waals surface area (Å²) >= 11 is 0. The molecule has 76 valence electrons. The van der Waals surface area contributed by atoms with E-state index in [0.29, 0.717) is 31.3 Å². The van der Waals surface area contributed by atoms with E-state index in [9.17, 15) is 4.79 Å². The van der Waals surface area contributed by atoms with Gasteiger partial charge in [0.25, 0.3) is 5.91 Å². The molecular weight excluding hydrogens is 184 g/mol. The molecule has 0 saturated carbocycles. The number of aryl methyl sites for hydroxylation is 1. The summed E-state index contributed by atoms with van der Waals surface area (Å²) in [5.74, 6) is -0.166. The summed E-state index contributed by atoms with van der Waals surface area (Å²) in [7, 11) is 1.73. The van der Waals surface area contributed by atoms with Crippen LogP contribution in [0, 0.1) is 0 Å². The molecule has 1 saturated heterocycles. The van der Waals surface area contributed by atoms with Gasteiger partial charge in [-0.15, -0.1) is 0 Å². The molecule has 2 N–H and O–H groups in total. The first-order valence-corrected chi connectivity index (χ1v) is 4.34. The van der Waals surface area contributed by atoms with Gasteiger partial charge in [-0.3, -0.25) is 9.48 Å². The molecule has 6 heteroatoms. The standard InChI is InChI=1S/C8H12N4O2/c1-11-4-6(9)7(10-11)8(13)12-2-3-14-5-12/h4H,2-3,5,9H2,1H3. The number of hydrogen-bond donors (Lipinski definition) is 1. The van der Waals surface area contributed by atoms with Crippen LogP contribution < -0.4 is 5.73 Å². The van der Waals surface area contributed by atoms with Crippen molar-refractivity contribution in [3.8, 4) is 0 Å². The van der Waals surface area contributed by atoms with Crippen LogP contribution in [0.1, 0.15) is 10.5 Å². The number of nitrogens with zero attached hydrogens (tertiary/aromatic N) is 3. The van der Waals surface area contributed by atoms with Crippen LogP contribution in [-0.4, -0.2) is 40.5 Å². The van der Waals surface area contributed by atoms with Gasteiger partial charge in [0, 0.05) is 19.8 Å². The topological polar surface area (TPSA) is 73.4 Å². The van der Waals surface area contributed by atoms with Crippen LogP contribution in [0.15, 0.2) is 6.20 Å². The highest BCUT2D eigenvalue weighted by molar-refractivity contribution is 5.97. The zero-order valence-corrected chi connectivity index (χ0v) is 7.93. The lowest BCUT2D eigenvalue weighted by atomic mass is 10.3. The average Bonchev–Trinajstić information content (AvgIpc) is 2.73. The normalized spacial score (nSPS) is 16.2. The van der Waals surface area contributed by atoms with Gasteiger partial charge in [0.1, 0.15) is 6.73 Å². The van der Waals surface area contributed by atoms with Gasteiger partial charge in [0.15, 0.2) is 5.69 Å². The maximum atomic E-state index is 11.8. The third-order valence-electron chi connectivity index (χ3n) is 2.10. The second-order valence-corrected chi connectivity index (χ2v) is 3.21. The summed E-state index contributed by atoms with van der Waals surface area (Å²) < 4.78 is 6.60. The van der Waals surface area contributed by atoms with Gasteiger partial charge >= 0.3 is 0 Å². The first-order valence-electron chi connectivity index (χ1n) is 4.34. The fraction of sp³-hybridized carbons (Fsp3) is 0.500. The van der Waals surface area contributed by atoms with E-state index in [4.69, 9.17) is 10.5 Å². The number of carbonyl (C=O) groups excluding carboxylic acids is 1. The highest BCUT2D eigenvalue weighted by Crippen LogP contribution is 2.12. The van der Waals surface area contributed by atoms with Crippen molar-refractivity contribution in [2.24, 2.45) is 7.05 Å². The van der Waals surface area contributed by atoms with E-state index in [1.54, 1.807) is 18.1 Å². The van der Waals surface area contributed by atoms with Gasteiger partial charge < -0.3 is 15.4 Å². The van der Waals surface area contributed by atoms with Crippen molar-refractivity contribution in [1.29, 1.82) is 0 Å². The van der Waals surface area contributed by atoms with E-state index in [1.807, 2.05) is 0 Å². The Labute approximate surface area is 81.2 Å². The SMILES string of the molecule is Cn1cc(N)c(C(=O)N2CCOC2)n1. The molecule has 0 bridgehead atoms. The molecule has 0 aliphatic carbocycles. The Morgan fingerprint density at radius 1 is 1.71 bits per heavy atom. The molecule has 1 aliphatic rings. The van der Waals surface area contributed by atoms with Crippen molar-refractivity contribution in [3.05, 3.63) is 11.9 Å². The fourth-order valence-electron chi connectivity index (χ4n) is 1.40. The van der Waals surface area contributed by atoms with Crippen LogP contribution in [-0.2, 0) is 11.8 Å². The molecule has 2 rings (SSSR count). The van der Waals surface area contributed by atoms with Crippen molar-refractivity contribution >= 4 is 11.6 Å². The molecule has 0 spiro atoms. The van der Waals surface area contributed by atoms with E-state index < -0.39 is 0 Å². The summed E-state index contributed by atoms with van der Waals surface area (Å²) in [6, 6.07) is 0. The Morgan fingerprint density at radius 2 is 2.50 bits per heavy atom. The smallest absolute Gasteiger partial charge is 0.278 e. The minimum Gasteiger partial charge on any atom is -0.396 e. The number of carbonyl (C=O) groups is 1. The third-order valence-corrected chi connectivity index (χ3v) is 2.10. The molecule has 2 heterocycles. The molecular formula is C8H12N4O2. The lowest BCUT2D eigenvalue weighted by Gasteiger charge is -2.11. The molecule has 1 aromatic heterocycles. The Hall–Kier alpha value is -1.56. The predicted molar refractivity (Wildman–Crippen MR) is 49.5 cm³/mol. The van der Waals surface area contributed by atoms with Crippen molar-refractivity contribution < 1.29 is 9.53 Å². The minimum atomic E-state index is -0.166. The van der Waals surface area contributed by atoms with Crippen molar-refractivity contribution in [3.63, 3.8) is 0 Å². The molecule has 14 heavy (non-hydrogen) atoms. The van der Waals surface area contributed by atoms with Crippen LogP contribution in [0.3, 0.4) is 0 Å². The van der Waals surface area contributed by atoms with E-state index in [1.165, 1.54) is 4.68 Å². The third kappa shape index (κ3) is 1.44. The number of nitrogens with two attached hydrogens (primary N) is 1. The van der Waals surface area contributed by atoms with E-state index >= 15 is 0 Å². The molecule has 6 nitrogen and oxygen atoms in total. The van der Waals surface area contributed by atoms with E-state index in [-0.39, 0.29) is 5.91 Å². The fourth-order valence-corrected chi connectivity index (χ4v) is 1.40. The average molecular weight is 196 g/mol. The maximum absolute atomic E-state index is 11.8. The van der Waals surface area contributed by atoms with E-state index in [2.05, 4.69) is 5.10 Å². The highest BCUT2D eigenvalue weighted by atomic mass is 16.5. The summed E-state index contributed by atoms with van der Waals surface area (Å²) in [4.78, 5) is 13.4. The molecule has 0 atom stereocenters. The number of nitrogen functional groups attached to an aromatic ring is 1. The summed E-state index contributed by atoms with van der Waals surface area (Å²) in [6.07, 6.45) is 1.62. The molecule has 1 fully saturated rings. The summed E-state index contributed by atoms with van der Waals surface area (Å²) in [5, 5.41) is 4.00. The molecule has 1 aliphatic heterocycles. The highest BCUT2D eigenvalue weighted by Gasteiger charge is 2.23. The van der Waals surface area contributed by atoms with Crippen molar-refractivity contribution in [1.82, 2.24) is 14.7 Å². The Morgan fingerprint density at radius 3 is 3.00 bits per heavy atom. The molecule has 1 amide bonds.